The molecule has 30 heavy (non-hydrogen) atoms. The van der Waals surface area contributed by atoms with E-state index in [0.717, 1.165) is 23.4 Å². The molecule has 0 spiro atoms. The minimum atomic E-state index is -1.20. The third-order valence-electron chi connectivity index (χ3n) is 4.94. The fourth-order valence-electron chi connectivity index (χ4n) is 3.35. The molecule has 1 atom stereocenters. The van der Waals surface area contributed by atoms with Gasteiger partial charge in [0.2, 0.25) is 5.95 Å². The maximum atomic E-state index is 13.3. The number of hydrazone groups is 1. The molecule has 4 rings (SSSR count). The van der Waals surface area contributed by atoms with E-state index < -0.39 is 29.9 Å². The number of urea groups is 1. The van der Waals surface area contributed by atoms with Crippen LogP contribution in [0.4, 0.5) is 18.4 Å². The first kappa shape index (κ1) is 19.7. The van der Waals surface area contributed by atoms with Gasteiger partial charge in [-0.1, -0.05) is 29.8 Å². The van der Waals surface area contributed by atoms with Crippen LogP contribution < -0.4 is 5.32 Å². The van der Waals surface area contributed by atoms with E-state index in [-0.39, 0.29) is 19.7 Å². The molecular weight excluding hydrogens is 396 g/mol. The van der Waals surface area contributed by atoms with Crippen LogP contribution >= 0.6 is 0 Å². The first-order chi connectivity index (χ1) is 14.4. The topological polar surface area (TPSA) is 87.1 Å². The summed E-state index contributed by atoms with van der Waals surface area (Å²) in [6.45, 7) is 2.75. The monoisotopic (exact) mass is 415 g/mol. The van der Waals surface area contributed by atoms with Crippen LogP contribution in [0.3, 0.4) is 0 Å². The molecule has 1 N–H and O–H groups in total. The summed E-state index contributed by atoms with van der Waals surface area (Å²) in [6, 6.07) is 7.62. The van der Waals surface area contributed by atoms with E-state index in [1.165, 1.54) is 5.01 Å². The third kappa shape index (κ3) is 3.93. The SMILES string of the molecule is Cc1ccc(C2=NN(C(=O)NCc3cnc(F)c(F)c3)CC2N2CCOC2=O)cc1. The van der Waals surface area contributed by atoms with Crippen molar-refractivity contribution in [3.05, 3.63) is 65.0 Å². The first-order valence-corrected chi connectivity index (χ1v) is 9.36. The second kappa shape index (κ2) is 8.05. The lowest BCUT2D eigenvalue weighted by Gasteiger charge is -2.23. The van der Waals surface area contributed by atoms with Gasteiger partial charge in [-0.2, -0.15) is 9.49 Å². The van der Waals surface area contributed by atoms with E-state index in [1.54, 1.807) is 4.90 Å². The van der Waals surface area contributed by atoms with Gasteiger partial charge in [-0.15, -0.1) is 0 Å². The Morgan fingerprint density at radius 3 is 2.73 bits per heavy atom. The molecule has 3 amide bonds. The van der Waals surface area contributed by atoms with Gasteiger partial charge in [0.1, 0.15) is 6.61 Å². The van der Waals surface area contributed by atoms with Gasteiger partial charge in [0, 0.05) is 12.7 Å². The van der Waals surface area contributed by atoms with Crippen molar-refractivity contribution in [1.82, 2.24) is 20.2 Å². The lowest BCUT2D eigenvalue weighted by molar-refractivity contribution is 0.151. The van der Waals surface area contributed by atoms with Crippen LogP contribution in [0.25, 0.3) is 0 Å². The molecule has 0 saturated carbocycles. The van der Waals surface area contributed by atoms with Crippen LogP contribution in [-0.4, -0.2) is 58.5 Å². The van der Waals surface area contributed by atoms with Crippen LogP contribution in [-0.2, 0) is 11.3 Å². The second-order valence-corrected chi connectivity index (χ2v) is 7.03. The number of benzene rings is 1. The van der Waals surface area contributed by atoms with Gasteiger partial charge in [0.25, 0.3) is 0 Å². The van der Waals surface area contributed by atoms with Crippen molar-refractivity contribution in [1.29, 1.82) is 0 Å². The van der Waals surface area contributed by atoms with Gasteiger partial charge in [0.05, 0.1) is 24.8 Å². The molecule has 0 radical (unpaired) electrons. The summed E-state index contributed by atoms with van der Waals surface area (Å²) >= 11 is 0. The highest BCUT2D eigenvalue weighted by atomic mass is 19.2. The molecule has 0 aliphatic carbocycles. The number of hydrogen-bond acceptors (Lipinski definition) is 5. The number of rotatable bonds is 4. The van der Waals surface area contributed by atoms with Crippen molar-refractivity contribution < 1.29 is 23.1 Å². The zero-order chi connectivity index (χ0) is 21.3. The number of carbonyl (C=O) groups excluding carboxylic acids is 2. The maximum Gasteiger partial charge on any atom is 0.410 e. The summed E-state index contributed by atoms with van der Waals surface area (Å²) in [5, 5.41) is 8.26. The number of nitrogens with zero attached hydrogens (tertiary/aromatic N) is 4. The lowest BCUT2D eigenvalue weighted by atomic mass is 10.0. The molecule has 1 aromatic carbocycles. The zero-order valence-corrected chi connectivity index (χ0v) is 16.1. The molecule has 156 valence electrons. The van der Waals surface area contributed by atoms with Gasteiger partial charge < -0.3 is 10.1 Å². The highest BCUT2D eigenvalue weighted by Crippen LogP contribution is 2.22. The number of halogens is 2. The second-order valence-electron chi connectivity index (χ2n) is 7.03. The summed E-state index contributed by atoms with van der Waals surface area (Å²) in [4.78, 5) is 29.6. The molecule has 2 aliphatic rings. The Kier molecular flexibility index (Phi) is 5.30. The largest absolute Gasteiger partial charge is 0.448 e. The Hall–Kier alpha value is -3.56. The molecule has 1 saturated heterocycles. The van der Waals surface area contributed by atoms with Gasteiger partial charge in [-0.3, -0.25) is 4.90 Å². The smallest absolute Gasteiger partial charge is 0.410 e. The summed E-state index contributed by atoms with van der Waals surface area (Å²) in [5.74, 6) is -2.28. The predicted octanol–water partition coefficient (Wildman–Crippen LogP) is 2.42. The van der Waals surface area contributed by atoms with Crippen molar-refractivity contribution in [3.8, 4) is 0 Å². The highest BCUT2D eigenvalue weighted by molar-refractivity contribution is 6.07. The van der Waals surface area contributed by atoms with Crippen LogP contribution in [0.1, 0.15) is 16.7 Å². The number of amides is 3. The van der Waals surface area contributed by atoms with Crippen molar-refractivity contribution in [3.63, 3.8) is 0 Å². The van der Waals surface area contributed by atoms with E-state index in [4.69, 9.17) is 4.74 Å². The van der Waals surface area contributed by atoms with E-state index in [1.807, 2.05) is 31.2 Å². The van der Waals surface area contributed by atoms with Crippen LogP contribution in [0, 0.1) is 18.7 Å². The minimum absolute atomic E-state index is 0.0503. The van der Waals surface area contributed by atoms with Crippen LogP contribution in [0.15, 0.2) is 41.6 Å². The van der Waals surface area contributed by atoms with Gasteiger partial charge in [-0.05, 0) is 24.1 Å². The number of ether oxygens (including phenoxy) is 1. The van der Waals surface area contributed by atoms with Crippen molar-refractivity contribution in [2.45, 2.75) is 19.5 Å². The van der Waals surface area contributed by atoms with E-state index >= 15 is 0 Å². The summed E-state index contributed by atoms with van der Waals surface area (Å²) in [6.07, 6.45) is 0.696. The van der Waals surface area contributed by atoms with Gasteiger partial charge in [-0.25, -0.2) is 24.0 Å². The molecule has 1 fully saturated rings. The summed E-state index contributed by atoms with van der Waals surface area (Å²) in [7, 11) is 0. The van der Waals surface area contributed by atoms with E-state index in [2.05, 4.69) is 15.4 Å². The number of pyridine rings is 1. The number of cyclic esters (lactones) is 1. The molecule has 8 nitrogen and oxygen atoms in total. The van der Waals surface area contributed by atoms with E-state index in [0.29, 0.717) is 17.8 Å². The van der Waals surface area contributed by atoms with E-state index in [9.17, 15) is 18.4 Å². The number of nitrogens with one attached hydrogen (secondary N) is 1. The Morgan fingerprint density at radius 1 is 1.30 bits per heavy atom. The lowest BCUT2D eigenvalue weighted by Crippen LogP contribution is -2.45. The molecule has 10 heteroatoms. The molecular formula is C20H19F2N5O3. The zero-order valence-electron chi connectivity index (χ0n) is 16.1. The fourth-order valence-corrected chi connectivity index (χ4v) is 3.35. The molecule has 2 aliphatic heterocycles. The summed E-state index contributed by atoms with van der Waals surface area (Å²) in [5.41, 5.74) is 2.76. The average molecular weight is 415 g/mol. The summed E-state index contributed by atoms with van der Waals surface area (Å²) < 4.78 is 31.3. The Morgan fingerprint density at radius 2 is 2.07 bits per heavy atom. The Bertz CT molecular complexity index is 1010. The molecule has 2 aromatic rings. The quantitative estimate of drug-likeness (QED) is 0.777. The number of aromatic nitrogens is 1. The standard InChI is InChI=1S/C20H19F2N5O3/c1-12-2-4-14(5-3-12)17-16(26-6-7-30-20(26)29)11-27(25-17)19(28)24-10-13-8-15(21)18(22)23-9-13/h2-5,8-9,16H,6-7,10-11H2,1H3,(H,24,28). The number of aryl methyl sites for hydroxylation is 1. The van der Waals surface area contributed by atoms with Crippen LogP contribution in [0.5, 0.6) is 0 Å². The fraction of sp³-hybridized carbons (Fsp3) is 0.300. The Balaban J connectivity index is 1.52. The van der Waals surface area contributed by atoms with Gasteiger partial charge in [0.15, 0.2) is 5.82 Å². The Labute approximate surface area is 171 Å². The predicted molar refractivity (Wildman–Crippen MR) is 103 cm³/mol. The molecule has 0 bridgehead atoms. The normalized spacial score (nSPS) is 18.4. The minimum Gasteiger partial charge on any atom is -0.448 e. The average Bonchev–Trinajstić information content (AvgIpc) is 3.35. The number of carbonyl (C=O) groups is 2. The third-order valence-corrected chi connectivity index (χ3v) is 4.94. The van der Waals surface area contributed by atoms with Crippen molar-refractivity contribution >= 4 is 17.8 Å². The molecule has 1 unspecified atom stereocenters. The van der Waals surface area contributed by atoms with Crippen molar-refractivity contribution in [2.75, 3.05) is 19.7 Å². The molecule has 1 aromatic heterocycles. The van der Waals surface area contributed by atoms with Crippen molar-refractivity contribution in [2.24, 2.45) is 5.10 Å². The maximum absolute atomic E-state index is 13.3. The number of hydrogen-bond donors (Lipinski definition) is 1. The van der Waals surface area contributed by atoms with Gasteiger partial charge >= 0.3 is 12.1 Å². The van der Waals surface area contributed by atoms with Crippen LogP contribution in [0.2, 0.25) is 0 Å². The highest BCUT2D eigenvalue weighted by Gasteiger charge is 2.40. The molecule has 3 heterocycles. The first-order valence-electron chi connectivity index (χ1n) is 9.36.